The second-order valence-electron chi connectivity index (χ2n) is 7.08. The molecule has 0 spiro atoms. The summed E-state index contributed by atoms with van der Waals surface area (Å²) in [7, 11) is -3.78. The van der Waals surface area contributed by atoms with Crippen LogP contribution in [-0.2, 0) is 21.2 Å². The van der Waals surface area contributed by atoms with E-state index in [4.69, 9.17) is 0 Å². The first-order chi connectivity index (χ1) is 14.3. The molecule has 7 nitrogen and oxygen atoms in total. The van der Waals surface area contributed by atoms with Crippen molar-refractivity contribution in [1.82, 2.24) is 14.2 Å². The first-order valence-corrected chi connectivity index (χ1v) is 10.7. The molecule has 0 bridgehead atoms. The maximum atomic E-state index is 12.9. The average Bonchev–Trinajstić information content (AvgIpc) is 3.28. The molecule has 0 unspecified atom stereocenters. The fourth-order valence-electron chi connectivity index (χ4n) is 3.60. The number of hydrogen-bond acceptors (Lipinski definition) is 5. The molecule has 2 aromatic rings. The van der Waals surface area contributed by atoms with E-state index < -0.39 is 16.6 Å². The maximum absolute atomic E-state index is 12.9. The summed E-state index contributed by atoms with van der Waals surface area (Å²) in [6.45, 7) is -1.76. The van der Waals surface area contributed by atoms with Crippen LogP contribution in [-0.4, -0.2) is 61.3 Å². The molecule has 2 aliphatic heterocycles. The molecule has 0 N–H and O–H groups in total. The lowest BCUT2D eigenvalue weighted by atomic mass is 10.2. The van der Waals surface area contributed by atoms with Crippen LogP contribution in [0.2, 0.25) is 0 Å². The van der Waals surface area contributed by atoms with E-state index in [9.17, 15) is 22.0 Å². The molecule has 0 saturated heterocycles. The highest BCUT2D eigenvalue weighted by Crippen LogP contribution is 2.30. The first kappa shape index (κ1) is 20.4. The zero-order valence-corrected chi connectivity index (χ0v) is 16.7. The van der Waals surface area contributed by atoms with Crippen molar-refractivity contribution >= 4 is 15.9 Å². The van der Waals surface area contributed by atoms with Gasteiger partial charge in [-0.2, -0.15) is 13.1 Å². The zero-order chi connectivity index (χ0) is 21.3. The van der Waals surface area contributed by atoms with Crippen LogP contribution in [0.15, 0.2) is 64.7 Å². The summed E-state index contributed by atoms with van der Waals surface area (Å²) in [6.07, 6.45) is 1.84. The minimum absolute atomic E-state index is 0.00775. The summed E-state index contributed by atoms with van der Waals surface area (Å²) in [5.41, 5.74) is 2.54. The number of rotatable bonds is 6. The highest BCUT2D eigenvalue weighted by atomic mass is 32.2. The number of amides is 1. The standard InChI is InChI=1S/C20H19F2N3O4S/c21-20(22)29-17-4-6-18(7-5-17)30(27,28)25-12-14-10-24(11-15(14)13-25)19(26)9-16-3-1-2-8-23-16/h1-8,20H,9-13H2. The quantitative estimate of drug-likeness (QED) is 0.649. The van der Waals surface area contributed by atoms with Crippen LogP contribution >= 0.6 is 0 Å². The van der Waals surface area contributed by atoms with E-state index in [-0.39, 0.29) is 36.1 Å². The number of sulfonamides is 1. The van der Waals surface area contributed by atoms with Crippen LogP contribution in [0.1, 0.15) is 5.69 Å². The Bertz CT molecular complexity index is 1050. The van der Waals surface area contributed by atoms with Crippen LogP contribution < -0.4 is 4.74 Å². The molecule has 0 aliphatic carbocycles. The summed E-state index contributed by atoms with van der Waals surface area (Å²) in [5.74, 6) is -0.153. The topological polar surface area (TPSA) is 79.8 Å². The van der Waals surface area contributed by atoms with Crippen molar-refractivity contribution in [3.63, 3.8) is 0 Å². The molecule has 30 heavy (non-hydrogen) atoms. The van der Waals surface area contributed by atoms with E-state index in [0.29, 0.717) is 18.8 Å². The number of hydrogen-bond donors (Lipinski definition) is 0. The van der Waals surface area contributed by atoms with Crippen molar-refractivity contribution in [3.8, 4) is 5.75 Å². The van der Waals surface area contributed by atoms with Crippen molar-refractivity contribution in [2.24, 2.45) is 0 Å². The SMILES string of the molecule is O=C(Cc1ccccn1)N1CC2=C(C1)CN(S(=O)(=O)c1ccc(OC(F)F)cc1)C2. The van der Waals surface area contributed by atoms with Gasteiger partial charge in [-0.15, -0.1) is 0 Å². The molecular formula is C20H19F2N3O4S. The molecule has 1 amide bonds. The van der Waals surface area contributed by atoms with Gasteiger partial charge in [-0.1, -0.05) is 6.07 Å². The van der Waals surface area contributed by atoms with Gasteiger partial charge in [0.15, 0.2) is 0 Å². The van der Waals surface area contributed by atoms with Crippen molar-refractivity contribution in [2.75, 3.05) is 26.2 Å². The van der Waals surface area contributed by atoms with E-state index in [1.54, 1.807) is 23.2 Å². The van der Waals surface area contributed by atoms with E-state index in [1.807, 2.05) is 6.07 Å². The molecule has 2 aliphatic rings. The van der Waals surface area contributed by atoms with E-state index in [0.717, 1.165) is 11.1 Å². The number of ether oxygens (including phenoxy) is 1. The smallest absolute Gasteiger partial charge is 0.387 e. The Morgan fingerprint density at radius 1 is 1.03 bits per heavy atom. The van der Waals surface area contributed by atoms with Gasteiger partial charge >= 0.3 is 6.61 Å². The lowest BCUT2D eigenvalue weighted by Gasteiger charge is -2.23. The Hall–Kier alpha value is -2.85. The van der Waals surface area contributed by atoms with Crippen LogP contribution in [0, 0.1) is 0 Å². The molecule has 158 valence electrons. The number of aromatic nitrogens is 1. The van der Waals surface area contributed by atoms with Gasteiger partial charge in [-0.25, -0.2) is 8.42 Å². The minimum Gasteiger partial charge on any atom is -0.435 e. The van der Waals surface area contributed by atoms with Crippen LogP contribution in [0.5, 0.6) is 5.75 Å². The van der Waals surface area contributed by atoms with E-state index in [1.165, 1.54) is 28.6 Å². The Kier molecular flexibility index (Phi) is 5.52. The van der Waals surface area contributed by atoms with Crippen molar-refractivity contribution < 1.29 is 26.7 Å². The Morgan fingerprint density at radius 3 is 2.27 bits per heavy atom. The predicted octanol–water partition coefficient (Wildman–Crippen LogP) is 2.07. The molecule has 0 radical (unpaired) electrons. The van der Waals surface area contributed by atoms with Crippen molar-refractivity contribution in [2.45, 2.75) is 17.9 Å². The molecule has 10 heteroatoms. The molecule has 3 heterocycles. The lowest BCUT2D eigenvalue weighted by molar-refractivity contribution is -0.129. The molecule has 1 aromatic carbocycles. The maximum Gasteiger partial charge on any atom is 0.387 e. The van der Waals surface area contributed by atoms with Gasteiger partial charge in [-0.3, -0.25) is 9.78 Å². The highest BCUT2D eigenvalue weighted by molar-refractivity contribution is 7.89. The number of carbonyl (C=O) groups is 1. The zero-order valence-electron chi connectivity index (χ0n) is 15.9. The van der Waals surface area contributed by atoms with Gasteiger partial charge < -0.3 is 9.64 Å². The van der Waals surface area contributed by atoms with Gasteiger partial charge in [-0.05, 0) is 47.5 Å². The van der Waals surface area contributed by atoms with E-state index in [2.05, 4.69) is 9.72 Å². The molecule has 4 rings (SSSR count). The third-order valence-corrected chi connectivity index (χ3v) is 6.90. The van der Waals surface area contributed by atoms with Crippen LogP contribution in [0.3, 0.4) is 0 Å². The lowest BCUT2D eigenvalue weighted by Crippen LogP contribution is -2.37. The summed E-state index contributed by atoms with van der Waals surface area (Å²) in [6, 6.07) is 10.3. The first-order valence-electron chi connectivity index (χ1n) is 9.25. The van der Waals surface area contributed by atoms with Crippen molar-refractivity contribution in [3.05, 3.63) is 65.5 Å². The second-order valence-corrected chi connectivity index (χ2v) is 9.02. The fraction of sp³-hybridized carbons (Fsp3) is 0.300. The summed E-state index contributed by atoms with van der Waals surface area (Å²) >= 11 is 0. The van der Waals surface area contributed by atoms with Crippen LogP contribution in [0.25, 0.3) is 0 Å². The normalized spacial score (nSPS) is 17.0. The summed E-state index contributed by atoms with van der Waals surface area (Å²) in [5, 5.41) is 0. The monoisotopic (exact) mass is 435 g/mol. The molecule has 1 aromatic heterocycles. The Balaban J connectivity index is 1.37. The number of benzene rings is 1. The van der Waals surface area contributed by atoms with E-state index >= 15 is 0 Å². The molecule has 0 saturated carbocycles. The van der Waals surface area contributed by atoms with Crippen molar-refractivity contribution in [1.29, 1.82) is 0 Å². The number of carbonyl (C=O) groups excluding carboxylic acids is 1. The van der Waals surface area contributed by atoms with Gasteiger partial charge in [0.1, 0.15) is 5.75 Å². The highest BCUT2D eigenvalue weighted by Gasteiger charge is 2.37. The number of nitrogens with zero attached hydrogens (tertiary/aromatic N) is 3. The Labute approximate surface area is 172 Å². The minimum atomic E-state index is -3.78. The number of alkyl halides is 2. The summed E-state index contributed by atoms with van der Waals surface area (Å²) in [4.78, 5) is 18.4. The molecule has 0 fully saturated rings. The fourth-order valence-corrected chi connectivity index (χ4v) is 5.03. The molecular weight excluding hydrogens is 416 g/mol. The second kappa shape index (κ2) is 8.11. The van der Waals surface area contributed by atoms with Gasteiger partial charge in [0.2, 0.25) is 15.9 Å². The third-order valence-electron chi connectivity index (χ3n) is 5.10. The number of halogens is 2. The van der Waals surface area contributed by atoms with Crippen LogP contribution in [0.4, 0.5) is 8.78 Å². The largest absolute Gasteiger partial charge is 0.435 e. The Morgan fingerprint density at radius 2 is 1.70 bits per heavy atom. The average molecular weight is 435 g/mol. The molecule has 0 atom stereocenters. The van der Waals surface area contributed by atoms with Gasteiger partial charge in [0, 0.05) is 38.1 Å². The third kappa shape index (κ3) is 4.19. The number of pyridine rings is 1. The summed E-state index contributed by atoms with van der Waals surface area (Å²) < 4.78 is 55.9. The predicted molar refractivity (Wildman–Crippen MR) is 103 cm³/mol. The van der Waals surface area contributed by atoms with Gasteiger partial charge in [0.05, 0.1) is 11.3 Å². The van der Waals surface area contributed by atoms with Gasteiger partial charge in [0.25, 0.3) is 0 Å².